The highest BCUT2D eigenvalue weighted by atomic mass is 79.9. The van der Waals surface area contributed by atoms with Crippen LogP contribution in [0.15, 0.2) is 58.0 Å². The summed E-state index contributed by atoms with van der Waals surface area (Å²) in [5, 5.41) is 4.18. The molecule has 7 nitrogen and oxygen atoms in total. The minimum atomic E-state index is -4.12. The Kier molecular flexibility index (Phi) is 5.12. The van der Waals surface area contributed by atoms with Crippen LogP contribution in [-0.2, 0) is 10.0 Å². The Balaban J connectivity index is 1.91. The average Bonchev–Trinajstić information content (AvgIpc) is 2.97. The fourth-order valence-electron chi connectivity index (χ4n) is 2.23. The van der Waals surface area contributed by atoms with Crippen molar-refractivity contribution in [1.29, 1.82) is 0 Å². The molecule has 0 bridgehead atoms. The summed E-state index contributed by atoms with van der Waals surface area (Å²) in [6.07, 6.45) is 1.59. The third-order valence-corrected chi connectivity index (χ3v) is 5.86. The Morgan fingerprint density at radius 1 is 1.23 bits per heavy atom. The number of hydrogen-bond donors (Lipinski definition) is 1. The minimum Gasteiger partial charge on any atom is -0.266 e. The molecule has 0 fully saturated rings. The standard InChI is InChI=1S/C16H12BrClN4O3S/c1-10-9-13(20-22(10)15-11(17)5-4-8-19-15)16(23)21-26(24,25)14-7-3-2-6-12(14)18/h2-9H,1H3,(H,21,23). The van der Waals surface area contributed by atoms with E-state index >= 15 is 0 Å². The Hall–Kier alpha value is -2.23. The maximum absolute atomic E-state index is 12.4. The molecule has 3 rings (SSSR count). The lowest BCUT2D eigenvalue weighted by Gasteiger charge is -2.07. The number of benzene rings is 1. The highest BCUT2D eigenvalue weighted by molar-refractivity contribution is 9.10. The van der Waals surface area contributed by atoms with Crippen LogP contribution in [0, 0.1) is 6.92 Å². The highest BCUT2D eigenvalue weighted by Gasteiger charge is 2.23. The number of carbonyl (C=O) groups excluding carboxylic acids is 1. The quantitative estimate of drug-likeness (QED) is 0.652. The van der Waals surface area contributed by atoms with E-state index in [0.717, 1.165) is 0 Å². The van der Waals surface area contributed by atoms with E-state index in [1.54, 1.807) is 31.3 Å². The summed E-state index contributed by atoms with van der Waals surface area (Å²) in [6.45, 7) is 1.73. The van der Waals surface area contributed by atoms with E-state index in [9.17, 15) is 13.2 Å². The first-order valence-corrected chi connectivity index (χ1v) is 9.94. The largest absolute Gasteiger partial charge is 0.285 e. The number of amides is 1. The van der Waals surface area contributed by atoms with Crippen LogP contribution < -0.4 is 4.72 Å². The van der Waals surface area contributed by atoms with Gasteiger partial charge in [-0.05, 0) is 53.2 Å². The highest BCUT2D eigenvalue weighted by Crippen LogP contribution is 2.21. The van der Waals surface area contributed by atoms with Crippen LogP contribution in [0.4, 0.5) is 0 Å². The van der Waals surface area contributed by atoms with Crippen LogP contribution in [0.1, 0.15) is 16.2 Å². The molecule has 10 heteroatoms. The van der Waals surface area contributed by atoms with Crippen molar-refractivity contribution in [2.24, 2.45) is 0 Å². The van der Waals surface area contributed by atoms with E-state index in [1.165, 1.54) is 28.9 Å². The third kappa shape index (κ3) is 3.64. The molecule has 2 heterocycles. The first-order valence-electron chi connectivity index (χ1n) is 7.29. The zero-order chi connectivity index (χ0) is 18.9. The second-order valence-electron chi connectivity index (χ2n) is 5.26. The van der Waals surface area contributed by atoms with Gasteiger partial charge >= 0.3 is 0 Å². The molecule has 1 aromatic carbocycles. The number of hydrogen-bond acceptors (Lipinski definition) is 5. The van der Waals surface area contributed by atoms with Gasteiger partial charge in [-0.3, -0.25) is 4.79 Å². The number of halogens is 2. The van der Waals surface area contributed by atoms with E-state index in [4.69, 9.17) is 11.6 Å². The zero-order valence-corrected chi connectivity index (χ0v) is 16.5. The number of nitrogens with zero attached hydrogens (tertiary/aromatic N) is 3. The number of pyridine rings is 1. The number of carbonyl (C=O) groups is 1. The fraction of sp³-hybridized carbons (Fsp3) is 0.0625. The lowest BCUT2D eigenvalue weighted by atomic mass is 10.3. The molecule has 0 aliphatic carbocycles. The lowest BCUT2D eigenvalue weighted by molar-refractivity contribution is 0.0976. The Morgan fingerprint density at radius 3 is 2.65 bits per heavy atom. The third-order valence-electron chi connectivity index (χ3n) is 3.41. The van der Waals surface area contributed by atoms with Crippen LogP contribution in [0.5, 0.6) is 0 Å². The van der Waals surface area contributed by atoms with Crippen molar-refractivity contribution in [2.75, 3.05) is 0 Å². The number of nitrogens with one attached hydrogen (secondary N) is 1. The van der Waals surface area contributed by atoms with Gasteiger partial charge in [0.1, 0.15) is 4.90 Å². The molecule has 26 heavy (non-hydrogen) atoms. The molecule has 1 amide bonds. The molecule has 134 valence electrons. The van der Waals surface area contributed by atoms with Gasteiger partial charge in [0.2, 0.25) is 0 Å². The van der Waals surface area contributed by atoms with Crippen LogP contribution in [-0.4, -0.2) is 29.1 Å². The lowest BCUT2D eigenvalue weighted by Crippen LogP contribution is -2.31. The van der Waals surface area contributed by atoms with E-state index in [1.807, 2.05) is 4.72 Å². The molecule has 0 radical (unpaired) electrons. The monoisotopic (exact) mass is 454 g/mol. The molecule has 0 spiro atoms. The predicted molar refractivity (Wildman–Crippen MR) is 99.9 cm³/mol. The number of sulfonamides is 1. The molecule has 3 aromatic rings. The SMILES string of the molecule is Cc1cc(C(=O)NS(=O)(=O)c2ccccc2Cl)nn1-c1ncccc1Br. The minimum absolute atomic E-state index is 0.0203. The maximum Gasteiger partial charge on any atom is 0.285 e. The van der Waals surface area contributed by atoms with Gasteiger partial charge in [-0.25, -0.2) is 22.8 Å². The van der Waals surface area contributed by atoms with Crippen molar-refractivity contribution in [3.63, 3.8) is 0 Å². The van der Waals surface area contributed by atoms with Crippen LogP contribution in [0.2, 0.25) is 5.02 Å². The smallest absolute Gasteiger partial charge is 0.266 e. The van der Waals surface area contributed by atoms with Crippen LogP contribution in [0.25, 0.3) is 5.82 Å². The Bertz CT molecular complexity index is 1100. The molecule has 0 saturated carbocycles. The molecule has 2 aromatic heterocycles. The van der Waals surface area contributed by atoms with Gasteiger partial charge in [0.15, 0.2) is 11.5 Å². The molecule has 0 aliphatic rings. The van der Waals surface area contributed by atoms with Gasteiger partial charge in [0, 0.05) is 11.9 Å². The zero-order valence-electron chi connectivity index (χ0n) is 13.3. The molecular weight excluding hydrogens is 444 g/mol. The summed E-state index contributed by atoms with van der Waals surface area (Å²) in [7, 11) is -4.12. The summed E-state index contributed by atoms with van der Waals surface area (Å²) >= 11 is 9.27. The van der Waals surface area contributed by atoms with Gasteiger partial charge < -0.3 is 0 Å². The summed E-state index contributed by atoms with van der Waals surface area (Å²) in [5.41, 5.74) is 0.556. The van der Waals surface area contributed by atoms with E-state index in [-0.39, 0.29) is 15.6 Å². The number of aromatic nitrogens is 3. The van der Waals surface area contributed by atoms with Crippen LogP contribution >= 0.6 is 27.5 Å². The normalized spacial score (nSPS) is 11.3. The van der Waals surface area contributed by atoms with Gasteiger partial charge in [0.05, 0.1) is 9.50 Å². The fourth-order valence-corrected chi connectivity index (χ4v) is 4.13. The first kappa shape index (κ1) is 18.6. The molecular formula is C16H12BrClN4O3S. The van der Waals surface area contributed by atoms with Gasteiger partial charge in [-0.2, -0.15) is 5.10 Å². The van der Waals surface area contributed by atoms with Gasteiger partial charge in [-0.1, -0.05) is 23.7 Å². The first-order chi connectivity index (χ1) is 12.3. The van der Waals surface area contributed by atoms with E-state index in [2.05, 4.69) is 26.0 Å². The molecule has 0 aliphatic heterocycles. The summed E-state index contributed by atoms with van der Waals surface area (Å²) in [5.74, 6) is -0.378. The number of aryl methyl sites for hydroxylation is 1. The number of rotatable bonds is 4. The summed E-state index contributed by atoms with van der Waals surface area (Å²) in [6, 6.07) is 10.9. The van der Waals surface area contributed by atoms with Crippen molar-refractivity contribution in [2.45, 2.75) is 11.8 Å². The van der Waals surface area contributed by atoms with E-state index in [0.29, 0.717) is 16.0 Å². The van der Waals surface area contributed by atoms with Crippen molar-refractivity contribution < 1.29 is 13.2 Å². The van der Waals surface area contributed by atoms with Crippen molar-refractivity contribution in [3.05, 3.63) is 69.5 Å². The van der Waals surface area contributed by atoms with Crippen LogP contribution in [0.3, 0.4) is 0 Å². The van der Waals surface area contributed by atoms with Crippen molar-refractivity contribution in [3.8, 4) is 5.82 Å². The van der Waals surface area contributed by atoms with Gasteiger partial charge in [0.25, 0.3) is 15.9 Å². The topological polar surface area (TPSA) is 94.0 Å². The Labute approximate surface area is 163 Å². The molecule has 1 N–H and O–H groups in total. The van der Waals surface area contributed by atoms with Gasteiger partial charge in [-0.15, -0.1) is 0 Å². The predicted octanol–water partition coefficient (Wildman–Crippen LogP) is 3.11. The van der Waals surface area contributed by atoms with Crippen molar-refractivity contribution >= 4 is 43.5 Å². The molecule has 0 atom stereocenters. The Morgan fingerprint density at radius 2 is 1.96 bits per heavy atom. The molecule has 0 saturated heterocycles. The average molecular weight is 456 g/mol. The summed E-state index contributed by atoms with van der Waals surface area (Å²) < 4.78 is 28.9. The summed E-state index contributed by atoms with van der Waals surface area (Å²) in [4.78, 5) is 16.4. The van der Waals surface area contributed by atoms with Crippen molar-refractivity contribution in [1.82, 2.24) is 19.5 Å². The van der Waals surface area contributed by atoms with E-state index < -0.39 is 15.9 Å². The second-order valence-corrected chi connectivity index (χ2v) is 8.17. The molecule has 0 unspecified atom stereocenters. The second kappa shape index (κ2) is 7.18. The maximum atomic E-state index is 12.4.